The molecule has 2 aliphatic heterocycles. The van der Waals surface area contributed by atoms with Crippen LogP contribution in [0, 0.1) is 0 Å². The van der Waals surface area contributed by atoms with Crippen molar-refractivity contribution < 1.29 is 9.59 Å². The van der Waals surface area contributed by atoms with E-state index in [9.17, 15) is 9.59 Å². The van der Waals surface area contributed by atoms with Gasteiger partial charge < -0.3 is 19.7 Å². The van der Waals surface area contributed by atoms with Crippen LogP contribution in [0.1, 0.15) is 17.5 Å². The van der Waals surface area contributed by atoms with Gasteiger partial charge in [-0.1, -0.05) is 36.4 Å². The van der Waals surface area contributed by atoms with E-state index in [1.807, 2.05) is 47.4 Å². The number of hydrogen-bond donors (Lipinski definition) is 1. The Morgan fingerprint density at radius 2 is 1.77 bits per heavy atom. The van der Waals surface area contributed by atoms with Crippen LogP contribution in [-0.2, 0) is 16.1 Å². The maximum atomic E-state index is 12.7. The molecule has 0 aliphatic carbocycles. The molecule has 2 aromatic carbocycles. The molecule has 5 rings (SSSR count). The number of likely N-dealkylation sites (N-methyl/N-ethyl adjacent to an activating group) is 1. The van der Waals surface area contributed by atoms with E-state index in [2.05, 4.69) is 40.2 Å². The number of nitrogens with zero attached hydrogens (tertiary/aromatic N) is 3. The third-order valence-electron chi connectivity index (χ3n) is 6.25. The SMILES string of the molecule is CN1CCN(C(=O)CCn2cc(/C=C3/C(=O)Nc4ccccc43)c3ccccc32)CC1. The van der Waals surface area contributed by atoms with E-state index in [1.54, 1.807) is 0 Å². The monoisotopic (exact) mass is 414 g/mol. The van der Waals surface area contributed by atoms with E-state index < -0.39 is 0 Å². The van der Waals surface area contributed by atoms with Gasteiger partial charge >= 0.3 is 0 Å². The number of aryl methyl sites for hydroxylation is 1. The van der Waals surface area contributed by atoms with E-state index in [-0.39, 0.29) is 11.8 Å². The van der Waals surface area contributed by atoms with Gasteiger partial charge in [-0.15, -0.1) is 0 Å². The molecule has 1 saturated heterocycles. The summed E-state index contributed by atoms with van der Waals surface area (Å²) in [6.07, 6.45) is 4.49. The Morgan fingerprint density at radius 3 is 2.61 bits per heavy atom. The standard InChI is InChI=1S/C25H26N4O2/c1-27-12-14-28(15-13-27)24(30)10-11-29-17-18(19-6-3-5-9-23(19)29)16-21-20-7-2-4-8-22(20)26-25(21)31/h2-9,16-17H,10-15H2,1H3,(H,26,31)/b21-16+. The number of carbonyl (C=O) groups excluding carboxylic acids is 2. The molecule has 1 fully saturated rings. The first-order valence-electron chi connectivity index (χ1n) is 10.8. The molecule has 3 aromatic rings. The summed E-state index contributed by atoms with van der Waals surface area (Å²) in [5.41, 5.74) is 4.51. The van der Waals surface area contributed by atoms with Crippen molar-refractivity contribution in [2.24, 2.45) is 0 Å². The third-order valence-corrected chi connectivity index (χ3v) is 6.25. The van der Waals surface area contributed by atoms with Gasteiger partial charge in [-0.2, -0.15) is 0 Å². The number of piperazine rings is 1. The number of amides is 2. The first kappa shape index (κ1) is 19.6. The van der Waals surface area contributed by atoms with Gasteiger partial charge in [-0.25, -0.2) is 0 Å². The number of carbonyl (C=O) groups is 2. The van der Waals surface area contributed by atoms with Crippen molar-refractivity contribution in [3.63, 3.8) is 0 Å². The minimum atomic E-state index is -0.0803. The number of aromatic nitrogens is 1. The lowest BCUT2D eigenvalue weighted by Crippen LogP contribution is -2.47. The summed E-state index contributed by atoms with van der Waals surface area (Å²) in [6, 6.07) is 15.9. The number of hydrogen-bond acceptors (Lipinski definition) is 3. The second-order valence-electron chi connectivity index (χ2n) is 8.29. The Bertz CT molecular complexity index is 1190. The van der Waals surface area contributed by atoms with Crippen molar-refractivity contribution in [3.8, 4) is 0 Å². The van der Waals surface area contributed by atoms with E-state index in [0.29, 0.717) is 18.5 Å². The molecule has 0 saturated carbocycles. The number of para-hydroxylation sites is 2. The second kappa shape index (κ2) is 8.04. The van der Waals surface area contributed by atoms with E-state index in [0.717, 1.165) is 53.9 Å². The zero-order valence-electron chi connectivity index (χ0n) is 17.7. The van der Waals surface area contributed by atoms with Crippen LogP contribution in [0.25, 0.3) is 22.6 Å². The van der Waals surface area contributed by atoms with Crippen LogP contribution in [-0.4, -0.2) is 59.4 Å². The average molecular weight is 415 g/mol. The Hall–Kier alpha value is -3.38. The molecule has 0 spiro atoms. The summed E-state index contributed by atoms with van der Waals surface area (Å²) in [6.45, 7) is 4.08. The van der Waals surface area contributed by atoms with Gasteiger partial charge in [0.15, 0.2) is 0 Å². The van der Waals surface area contributed by atoms with Crippen LogP contribution in [0.3, 0.4) is 0 Å². The molecule has 0 radical (unpaired) electrons. The fraction of sp³-hybridized carbons (Fsp3) is 0.280. The highest BCUT2D eigenvalue weighted by molar-refractivity contribution is 6.35. The fourth-order valence-electron chi connectivity index (χ4n) is 4.44. The molecule has 158 valence electrons. The topological polar surface area (TPSA) is 57.6 Å². The van der Waals surface area contributed by atoms with Crippen LogP contribution in [0.5, 0.6) is 0 Å². The number of anilines is 1. The maximum absolute atomic E-state index is 12.7. The quantitative estimate of drug-likeness (QED) is 0.667. The van der Waals surface area contributed by atoms with Crippen LogP contribution >= 0.6 is 0 Å². The van der Waals surface area contributed by atoms with Crippen molar-refractivity contribution in [2.45, 2.75) is 13.0 Å². The minimum Gasteiger partial charge on any atom is -0.346 e. The Morgan fingerprint density at radius 1 is 1.03 bits per heavy atom. The number of benzene rings is 2. The molecule has 1 N–H and O–H groups in total. The Labute approximate surface area is 181 Å². The first-order valence-corrected chi connectivity index (χ1v) is 10.8. The van der Waals surface area contributed by atoms with Crippen molar-refractivity contribution in [3.05, 3.63) is 65.9 Å². The lowest BCUT2D eigenvalue weighted by Gasteiger charge is -2.32. The van der Waals surface area contributed by atoms with Crippen molar-refractivity contribution >= 4 is 40.1 Å². The summed E-state index contributed by atoms with van der Waals surface area (Å²) in [7, 11) is 2.09. The van der Waals surface area contributed by atoms with Gasteiger partial charge in [0, 0.05) is 78.6 Å². The largest absolute Gasteiger partial charge is 0.346 e. The molecule has 6 heteroatoms. The van der Waals surface area contributed by atoms with Gasteiger partial charge in [0.25, 0.3) is 5.91 Å². The first-order chi connectivity index (χ1) is 15.1. The zero-order valence-corrected chi connectivity index (χ0v) is 17.7. The summed E-state index contributed by atoms with van der Waals surface area (Å²) in [5, 5.41) is 4.02. The van der Waals surface area contributed by atoms with Gasteiger partial charge in [0.2, 0.25) is 5.91 Å². The highest BCUT2D eigenvalue weighted by Crippen LogP contribution is 2.34. The lowest BCUT2D eigenvalue weighted by atomic mass is 10.0. The predicted octanol–water partition coefficient (Wildman–Crippen LogP) is 3.30. The van der Waals surface area contributed by atoms with Crippen LogP contribution in [0.15, 0.2) is 54.7 Å². The van der Waals surface area contributed by atoms with E-state index in [1.165, 1.54) is 0 Å². The molecule has 31 heavy (non-hydrogen) atoms. The molecule has 0 bridgehead atoms. The predicted molar refractivity (Wildman–Crippen MR) is 124 cm³/mol. The molecular formula is C25H26N4O2. The molecule has 2 amide bonds. The molecule has 3 heterocycles. The van der Waals surface area contributed by atoms with Gasteiger partial charge in [0.1, 0.15) is 0 Å². The molecule has 0 atom stereocenters. The number of rotatable bonds is 4. The van der Waals surface area contributed by atoms with E-state index >= 15 is 0 Å². The second-order valence-corrected chi connectivity index (χ2v) is 8.29. The molecule has 6 nitrogen and oxygen atoms in total. The summed E-state index contributed by atoms with van der Waals surface area (Å²) in [4.78, 5) is 29.5. The highest BCUT2D eigenvalue weighted by Gasteiger charge is 2.24. The van der Waals surface area contributed by atoms with Crippen LogP contribution in [0.4, 0.5) is 5.69 Å². The highest BCUT2D eigenvalue weighted by atomic mass is 16.2. The van der Waals surface area contributed by atoms with E-state index in [4.69, 9.17) is 0 Å². The average Bonchev–Trinajstić information content (AvgIpc) is 3.30. The Kier molecular flexibility index (Phi) is 5.08. The number of fused-ring (bicyclic) bond motifs is 2. The fourth-order valence-corrected chi connectivity index (χ4v) is 4.44. The van der Waals surface area contributed by atoms with Crippen molar-refractivity contribution in [2.75, 3.05) is 38.5 Å². The maximum Gasteiger partial charge on any atom is 0.256 e. The molecule has 0 unspecified atom stereocenters. The normalized spacial score (nSPS) is 17.9. The number of nitrogens with one attached hydrogen (secondary N) is 1. The van der Waals surface area contributed by atoms with Crippen molar-refractivity contribution in [1.82, 2.24) is 14.4 Å². The summed E-state index contributed by atoms with van der Waals surface area (Å²) in [5.74, 6) is 0.123. The van der Waals surface area contributed by atoms with Crippen LogP contribution < -0.4 is 5.32 Å². The summed E-state index contributed by atoms with van der Waals surface area (Å²) >= 11 is 0. The minimum absolute atomic E-state index is 0.0803. The molecule has 2 aliphatic rings. The molecular weight excluding hydrogens is 388 g/mol. The lowest BCUT2D eigenvalue weighted by molar-refractivity contribution is -0.133. The molecule has 1 aromatic heterocycles. The van der Waals surface area contributed by atoms with Crippen molar-refractivity contribution in [1.29, 1.82) is 0 Å². The third kappa shape index (κ3) is 3.75. The van der Waals surface area contributed by atoms with Gasteiger partial charge in [-0.3, -0.25) is 9.59 Å². The van der Waals surface area contributed by atoms with Gasteiger partial charge in [-0.05, 0) is 25.3 Å². The Balaban J connectivity index is 1.42. The summed E-state index contributed by atoms with van der Waals surface area (Å²) < 4.78 is 2.13. The smallest absolute Gasteiger partial charge is 0.256 e. The van der Waals surface area contributed by atoms with Gasteiger partial charge in [0.05, 0.1) is 0 Å². The van der Waals surface area contributed by atoms with Crippen LogP contribution in [0.2, 0.25) is 0 Å². The zero-order chi connectivity index (χ0) is 21.4.